The van der Waals surface area contributed by atoms with Gasteiger partial charge in [-0.1, -0.05) is 42.3 Å². The zero-order chi connectivity index (χ0) is 31.3. The first kappa shape index (κ1) is 27.9. The third kappa shape index (κ3) is 3.88. The molecule has 46 heavy (non-hydrogen) atoms. The van der Waals surface area contributed by atoms with Crippen molar-refractivity contribution in [3.63, 3.8) is 0 Å². The van der Waals surface area contributed by atoms with Crippen LogP contribution in [0.2, 0.25) is 0 Å². The molecule has 2 aromatic heterocycles. The fourth-order valence-electron chi connectivity index (χ4n) is 8.84. The number of benzene rings is 2. The third-order valence-corrected chi connectivity index (χ3v) is 11.0. The van der Waals surface area contributed by atoms with Crippen LogP contribution < -0.4 is 19.7 Å². The summed E-state index contributed by atoms with van der Waals surface area (Å²) < 4.78 is 45.1. The number of nitrogens with zero attached hydrogens (tertiary/aromatic N) is 5. The average Bonchev–Trinajstić information content (AvgIpc) is 3.72. The number of anilines is 1. The van der Waals surface area contributed by atoms with Gasteiger partial charge in [-0.25, -0.2) is 13.8 Å². The molecule has 1 unspecified atom stereocenters. The molecule has 0 amide bonds. The highest BCUT2D eigenvalue weighted by Crippen LogP contribution is 2.46. The topological polar surface area (TPSA) is 75.6 Å². The second-order valence-corrected chi connectivity index (χ2v) is 13.4. The lowest BCUT2D eigenvalue weighted by Crippen LogP contribution is -2.62. The van der Waals surface area contributed by atoms with Crippen molar-refractivity contribution in [3.8, 4) is 35.5 Å². The standard InChI is InChI=1S/C36H34F2N6O2/c1-4-23-25(37)11-9-21-7-5-8-24(27(21)23)30-29(38)31-28-33(42-35(41-31)45-18-36-14-6-15-43(36)16-13-19(36)2)44-17-22-10-12-26(39-22)32(44)20(3)46-34(28)40-30/h1,5,7-9,11,20,22,26,32,39H,2,6,10,12-18H2,3H3/t20-,22+,26-,32+,36?/m0/s1. The van der Waals surface area contributed by atoms with Crippen molar-refractivity contribution in [1.29, 1.82) is 0 Å². The van der Waals surface area contributed by atoms with Gasteiger partial charge in [-0.2, -0.15) is 9.97 Å². The highest BCUT2D eigenvalue weighted by atomic mass is 19.1. The second-order valence-electron chi connectivity index (χ2n) is 13.4. The third-order valence-electron chi connectivity index (χ3n) is 11.0. The molecule has 2 aromatic carbocycles. The van der Waals surface area contributed by atoms with Gasteiger partial charge in [0.2, 0.25) is 5.88 Å². The van der Waals surface area contributed by atoms with Gasteiger partial charge in [-0.15, -0.1) is 6.42 Å². The molecule has 0 radical (unpaired) electrons. The molecule has 4 fully saturated rings. The number of terminal acetylenes is 1. The fraction of sp³-hybridized carbons (Fsp3) is 0.417. The highest BCUT2D eigenvalue weighted by molar-refractivity contribution is 6.03. The molecule has 10 heteroatoms. The van der Waals surface area contributed by atoms with E-state index in [4.69, 9.17) is 30.8 Å². The van der Waals surface area contributed by atoms with Gasteiger partial charge in [0.05, 0.1) is 17.1 Å². The molecule has 8 nitrogen and oxygen atoms in total. The summed E-state index contributed by atoms with van der Waals surface area (Å²) in [6.45, 7) is 9.42. The van der Waals surface area contributed by atoms with E-state index in [1.165, 1.54) is 6.07 Å². The van der Waals surface area contributed by atoms with E-state index in [1.54, 1.807) is 18.2 Å². The van der Waals surface area contributed by atoms with Gasteiger partial charge in [0.25, 0.3) is 0 Å². The van der Waals surface area contributed by atoms with Crippen molar-refractivity contribution in [2.45, 2.75) is 68.8 Å². The maximum absolute atomic E-state index is 17.1. The van der Waals surface area contributed by atoms with Crippen LogP contribution in [0.15, 0.2) is 42.5 Å². The quantitative estimate of drug-likeness (QED) is 0.241. The van der Waals surface area contributed by atoms with Crippen LogP contribution in [0.3, 0.4) is 0 Å². The summed E-state index contributed by atoms with van der Waals surface area (Å²) in [5, 5.41) is 5.24. The van der Waals surface area contributed by atoms with Gasteiger partial charge in [0, 0.05) is 36.1 Å². The smallest absolute Gasteiger partial charge is 0.319 e. The van der Waals surface area contributed by atoms with Crippen LogP contribution in [0.25, 0.3) is 32.9 Å². The molecule has 7 heterocycles. The normalized spacial score (nSPS) is 28.2. The maximum atomic E-state index is 17.1. The van der Waals surface area contributed by atoms with Crippen LogP contribution in [0, 0.1) is 24.0 Å². The zero-order valence-electron chi connectivity index (χ0n) is 25.7. The Labute approximate surface area is 265 Å². The van der Waals surface area contributed by atoms with E-state index < -0.39 is 11.6 Å². The summed E-state index contributed by atoms with van der Waals surface area (Å²) in [7, 11) is 0. The summed E-state index contributed by atoms with van der Waals surface area (Å²) in [6, 6.07) is 8.81. The first-order valence-corrected chi connectivity index (χ1v) is 16.2. The number of hydrogen-bond donors (Lipinski definition) is 1. The second kappa shape index (κ2) is 10.1. The molecular formula is C36H34F2N6O2. The molecule has 5 aliphatic rings. The lowest BCUT2D eigenvalue weighted by molar-refractivity contribution is 0.130. The summed E-state index contributed by atoms with van der Waals surface area (Å²) in [6.07, 6.45) is 10.5. The van der Waals surface area contributed by atoms with E-state index in [2.05, 4.69) is 27.6 Å². The predicted octanol–water partition coefficient (Wildman–Crippen LogP) is 5.37. The number of fused-ring (bicyclic) bond motifs is 7. The molecule has 1 N–H and O–H groups in total. The van der Waals surface area contributed by atoms with Crippen molar-refractivity contribution in [1.82, 2.24) is 25.2 Å². The van der Waals surface area contributed by atoms with Gasteiger partial charge in [0.1, 0.15) is 40.9 Å². The summed E-state index contributed by atoms with van der Waals surface area (Å²) in [5.41, 5.74) is 1.37. The van der Waals surface area contributed by atoms with Crippen LogP contribution in [0.1, 0.15) is 44.6 Å². The number of nitrogens with one attached hydrogen (secondary N) is 1. The number of piperazine rings is 1. The molecule has 0 aliphatic carbocycles. The van der Waals surface area contributed by atoms with Crippen LogP contribution in [-0.4, -0.2) is 75.9 Å². The molecule has 5 aliphatic heterocycles. The highest BCUT2D eigenvalue weighted by Gasteiger charge is 2.49. The van der Waals surface area contributed by atoms with E-state index in [1.807, 2.05) is 13.0 Å². The fourth-order valence-corrected chi connectivity index (χ4v) is 8.84. The van der Waals surface area contributed by atoms with Gasteiger partial charge >= 0.3 is 6.01 Å². The van der Waals surface area contributed by atoms with Crippen molar-refractivity contribution in [2.24, 2.45) is 0 Å². The van der Waals surface area contributed by atoms with Gasteiger partial charge in [-0.05, 0) is 57.0 Å². The lowest BCUT2D eigenvalue weighted by Gasteiger charge is -2.42. The van der Waals surface area contributed by atoms with Crippen LogP contribution in [-0.2, 0) is 0 Å². The summed E-state index contributed by atoms with van der Waals surface area (Å²) in [5.74, 6) is 2.06. The molecule has 4 aromatic rings. The minimum absolute atomic E-state index is 0.0118. The molecule has 4 saturated heterocycles. The van der Waals surface area contributed by atoms with E-state index >= 15 is 4.39 Å². The number of aromatic nitrogens is 3. The van der Waals surface area contributed by atoms with E-state index in [-0.39, 0.29) is 52.4 Å². The van der Waals surface area contributed by atoms with Crippen molar-refractivity contribution < 1.29 is 18.3 Å². The minimum Gasteiger partial charge on any atom is -0.472 e. The van der Waals surface area contributed by atoms with Gasteiger partial charge in [0.15, 0.2) is 5.82 Å². The molecule has 9 rings (SSSR count). The molecule has 0 saturated carbocycles. The Kier molecular flexibility index (Phi) is 6.12. The predicted molar refractivity (Wildman–Crippen MR) is 172 cm³/mol. The first-order valence-electron chi connectivity index (χ1n) is 16.2. The van der Waals surface area contributed by atoms with Crippen LogP contribution >= 0.6 is 0 Å². The molecular weight excluding hydrogens is 586 g/mol. The summed E-state index contributed by atoms with van der Waals surface area (Å²) in [4.78, 5) is 19.2. The molecule has 2 bridgehead atoms. The average molecular weight is 621 g/mol. The van der Waals surface area contributed by atoms with Crippen LogP contribution in [0.5, 0.6) is 11.9 Å². The number of pyridine rings is 1. The molecule has 5 atom stereocenters. The number of halogens is 2. The lowest BCUT2D eigenvalue weighted by atomic mass is 9.91. The van der Waals surface area contributed by atoms with Gasteiger partial charge < -0.3 is 19.7 Å². The number of hydrogen-bond acceptors (Lipinski definition) is 8. The molecule has 234 valence electrons. The van der Waals surface area contributed by atoms with E-state index in [9.17, 15) is 4.39 Å². The maximum Gasteiger partial charge on any atom is 0.319 e. The van der Waals surface area contributed by atoms with Crippen molar-refractivity contribution in [3.05, 3.63) is 59.7 Å². The Morgan fingerprint density at radius 1 is 1.15 bits per heavy atom. The Morgan fingerprint density at radius 3 is 2.91 bits per heavy atom. The Hall–Kier alpha value is -4.33. The minimum atomic E-state index is -0.661. The molecule has 0 spiro atoms. The first-order chi connectivity index (χ1) is 22.4. The largest absolute Gasteiger partial charge is 0.472 e. The Morgan fingerprint density at radius 2 is 2.04 bits per heavy atom. The van der Waals surface area contributed by atoms with Crippen LogP contribution in [0.4, 0.5) is 14.6 Å². The monoisotopic (exact) mass is 620 g/mol. The number of ether oxygens (including phenoxy) is 2. The van der Waals surface area contributed by atoms with Crippen molar-refractivity contribution in [2.75, 3.05) is 31.1 Å². The van der Waals surface area contributed by atoms with Crippen molar-refractivity contribution >= 4 is 27.5 Å². The summed E-state index contributed by atoms with van der Waals surface area (Å²) >= 11 is 0. The number of rotatable bonds is 4. The SMILES string of the molecule is C#Cc1c(F)ccc2cccc(-c3nc4c5c(nc(OCC67CCCN6CCC7=C)nc5c3F)N3C[C@H]5CC[C@H](N5)[C@H]3[C@H](C)O4)c12. The zero-order valence-corrected chi connectivity index (χ0v) is 25.7. The van der Waals surface area contributed by atoms with E-state index in [0.717, 1.165) is 50.8 Å². The Balaban J connectivity index is 1.26. The Bertz CT molecular complexity index is 2010. The van der Waals surface area contributed by atoms with Gasteiger partial charge in [-0.3, -0.25) is 4.90 Å². The van der Waals surface area contributed by atoms with E-state index in [0.29, 0.717) is 46.7 Å².